The summed E-state index contributed by atoms with van der Waals surface area (Å²) in [5.41, 5.74) is 1.23. The number of carbonyl (C=O) groups excluding carboxylic acids is 1. The molecule has 0 N–H and O–H groups in total. The molecule has 0 unspecified atom stereocenters. The third-order valence-electron chi connectivity index (χ3n) is 5.17. The second-order valence-corrected chi connectivity index (χ2v) is 7.26. The van der Waals surface area contributed by atoms with Gasteiger partial charge in [0.05, 0.1) is 18.2 Å². The van der Waals surface area contributed by atoms with E-state index in [1.54, 1.807) is 23.2 Å². The predicted octanol–water partition coefficient (Wildman–Crippen LogP) is 3.89. The molecule has 1 atom stereocenters. The van der Waals surface area contributed by atoms with Crippen molar-refractivity contribution in [1.29, 1.82) is 0 Å². The molecule has 0 saturated carbocycles. The van der Waals surface area contributed by atoms with Gasteiger partial charge in [-0.15, -0.1) is 0 Å². The highest BCUT2D eigenvalue weighted by atomic mass is 19.1. The maximum Gasteiger partial charge on any atom is 0.257 e. The number of imidazole rings is 1. The average Bonchev–Trinajstić information content (AvgIpc) is 3.41. The molecule has 5 nitrogen and oxygen atoms in total. The van der Waals surface area contributed by atoms with E-state index in [9.17, 15) is 9.18 Å². The molecule has 0 radical (unpaired) electrons. The minimum absolute atomic E-state index is 0.0248. The quantitative estimate of drug-likeness (QED) is 0.612. The van der Waals surface area contributed by atoms with Crippen LogP contribution in [0.25, 0.3) is 0 Å². The first-order chi connectivity index (χ1) is 14.2. The van der Waals surface area contributed by atoms with Crippen molar-refractivity contribution in [3.63, 3.8) is 0 Å². The van der Waals surface area contributed by atoms with Crippen molar-refractivity contribution in [1.82, 2.24) is 14.5 Å². The van der Waals surface area contributed by atoms with Crippen molar-refractivity contribution in [2.24, 2.45) is 0 Å². The highest BCUT2D eigenvalue weighted by molar-refractivity contribution is 5.94. The van der Waals surface area contributed by atoms with Crippen LogP contribution in [0.15, 0.2) is 67.0 Å². The standard InChI is InChI=1S/C23H24FN3O2/c24-21-11-5-4-10-20(21)23(28)27(16-19-9-6-14-29-19)17-22-25-12-13-26(22)15-18-7-2-1-3-8-18/h1-5,7-8,10-13,19H,6,9,14-17H2/t19-/m0/s1. The van der Waals surface area contributed by atoms with Crippen molar-refractivity contribution in [3.8, 4) is 0 Å². The highest BCUT2D eigenvalue weighted by Gasteiger charge is 2.26. The summed E-state index contributed by atoms with van der Waals surface area (Å²) in [5.74, 6) is -0.0909. The van der Waals surface area contributed by atoms with Gasteiger partial charge in [0.15, 0.2) is 0 Å². The number of amides is 1. The van der Waals surface area contributed by atoms with Crippen LogP contribution >= 0.6 is 0 Å². The summed E-state index contributed by atoms with van der Waals surface area (Å²) >= 11 is 0. The third-order valence-corrected chi connectivity index (χ3v) is 5.17. The molecule has 0 bridgehead atoms. The number of aromatic nitrogens is 2. The van der Waals surface area contributed by atoms with Crippen LogP contribution in [0.2, 0.25) is 0 Å². The van der Waals surface area contributed by atoms with Crippen LogP contribution in [0, 0.1) is 5.82 Å². The Labute approximate surface area is 169 Å². The Morgan fingerprint density at radius 3 is 2.72 bits per heavy atom. The van der Waals surface area contributed by atoms with Crippen molar-refractivity contribution >= 4 is 5.91 Å². The highest BCUT2D eigenvalue weighted by Crippen LogP contribution is 2.18. The molecule has 0 aliphatic carbocycles. The maximum absolute atomic E-state index is 14.3. The first-order valence-corrected chi connectivity index (χ1v) is 9.90. The fourth-order valence-corrected chi connectivity index (χ4v) is 3.64. The Bertz CT molecular complexity index is 952. The lowest BCUT2D eigenvalue weighted by molar-refractivity contribution is 0.0495. The van der Waals surface area contributed by atoms with Crippen LogP contribution in [0.3, 0.4) is 0 Å². The minimum atomic E-state index is -0.512. The molecule has 29 heavy (non-hydrogen) atoms. The molecular weight excluding hydrogens is 369 g/mol. The number of halogens is 1. The summed E-state index contributed by atoms with van der Waals surface area (Å²) in [6.07, 6.45) is 5.49. The summed E-state index contributed by atoms with van der Waals surface area (Å²) in [7, 11) is 0. The van der Waals surface area contributed by atoms with Gasteiger partial charge in [0.25, 0.3) is 5.91 Å². The molecule has 2 aromatic carbocycles. The summed E-state index contributed by atoms with van der Waals surface area (Å²) in [6, 6.07) is 16.2. The number of hydrogen-bond acceptors (Lipinski definition) is 3. The Morgan fingerprint density at radius 2 is 1.97 bits per heavy atom. The van der Waals surface area contributed by atoms with E-state index in [1.807, 2.05) is 29.0 Å². The Hall–Kier alpha value is -2.99. The smallest absolute Gasteiger partial charge is 0.257 e. The van der Waals surface area contributed by atoms with Crippen molar-refractivity contribution < 1.29 is 13.9 Å². The normalized spacial score (nSPS) is 16.1. The lowest BCUT2D eigenvalue weighted by atomic mass is 10.1. The second kappa shape index (κ2) is 9.01. The largest absolute Gasteiger partial charge is 0.376 e. The second-order valence-electron chi connectivity index (χ2n) is 7.26. The van der Waals surface area contributed by atoms with E-state index in [0.717, 1.165) is 24.2 Å². The van der Waals surface area contributed by atoms with Gasteiger partial charge in [-0.3, -0.25) is 4.79 Å². The number of rotatable bonds is 7. The molecule has 1 aliphatic heterocycles. The molecule has 1 aromatic heterocycles. The summed E-state index contributed by atoms with van der Waals surface area (Å²) in [4.78, 5) is 19.3. The topological polar surface area (TPSA) is 47.4 Å². The average molecular weight is 393 g/mol. The molecule has 1 aliphatic rings. The zero-order valence-electron chi connectivity index (χ0n) is 16.2. The number of ether oxygens (including phenoxy) is 1. The van der Waals surface area contributed by atoms with E-state index in [0.29, 0.717) is 26.2 Å². The molecular formula is C23H24FN3O2. The van der Waals surface area contributed by atoms with Crippen LogP contribution < -0.4 is 0 Å². The van der Waals surface area contributed by atoms with Crippen LogP contribution in [-0.4, -0.2) is 39.6 Å². The lowest BCUT2D eigenvalue weighted by Gasteiger charge is -2.26. The number of benzene rings is 2. The van der Waals surface area contributed by atoms with Crippen LogP contribution in [-0.2, 0) is 17.8 Å². The molecule has 3 aromatic rings. The van der Waals surface area contributed by atoms with E-state index in [2.05, 4.69) is 17.1 Å². The van der Waals surface area contributed by atoms with Crippen LogP contribution in [0.1, 0.15) is 34.6 Å². The van der Waals surface area contributed by atoms with Gasteiger partial charge in [0.2, 0.25) is 0 Å². The first-order valence-electron chi connectivity index (χ1n) is 9.90. The third kappa shape index (κ3) is 4.71. The van der Waals surface area contributed by atoms with Gasteiger partial charge in [-0.25, -0.2) is 9.37 Å². The van der Waals surface area contributed by atoms with E-state index < -0.39 is 5.82 Å². The number of hydrogen-bond donors (Lipinski definition) is 0. The Kier molecular flexibility index (Phi) is 6.00. The van der Waals surface area contributed by atoms with E-state index in [4.69, 9.17) is 4.74 Å². The summed E-state index contributed by atoms with van der Waals surface area (Å²) < 4.78 is 22.0. The van der Waals surface area contributed by atoms with Crippen molar-refractivity contribution in [2.45, 2.75) is 32.0 Å². The Morgan fingerprint density at radius 1 is 1.17 bits per heavy atom. The van der Waals surface area contributed by atoms with E-state index in [-0.39, 0.29) is 17.6 Å². The minimum Gasteiger partial charge on any atom is -0.376 e. The zero-order valence-corrected chi connectivity index (χ0v) is 16.2. The SMILES string of the molecule is O=C(c1ccccc1F)N(Cc1nccn1Cc1ccccc1)C[C@@H]1CCCO1. The fourth-order valence-electron chi connectivity index (χ4n) is 3.64. The molecule has 150 valence electrons. The molecule has 2 heterocycles. The van der Waals surface area contributed by atoms with Gasteiger partial charge in [-0.1, -0.05) is 42.5 Å². The summed E-state index contributed by atoms with van der Waals surface area (Å²) in [6.45, 7) is 2.09. The zero-order chi connectivity index (χ0) is 20.1. The molecule has 1 saturated heterocycles. The molecule has 6 heteroatoms. The van der Waals surface area contributed by atoms with Gasteiger partial charge in [0, 0.05) is 32.1 Å². The lowest BCUT2D eigenvalue weighted by Crippen LogP contribution is -2.38. The van der Waals surface area contributed by atoms with Crippen molar-refractivity contribution in [3.05, 3.63) is 89.8 Å². The molecule has 1 amide bonds. The summed E-state index contributed by atoms with van der Waals surface area (Å²) in [5, 5.41) is 0. The van der Waals surface area contributed by atoms with Gasteiger partial charge in [-0.05, 0) is 30.5 Å². The molecule has 0 spiro atoms. The maximum atomic E-state index is 14.3. The van der Waals surface area contributed by atoms with Gasteiger partial charge >= 0.3 is 0 Å². The monoisotopic (exact) mass is 393 g/mol. The predicted molar refractivity (Wildman–Crippen MR) is 108 cm³/mol. The van der Waals surface area contributed by atoms with Crippen LogP contribution in [0.4, 0.5) is 4.39 Å². The molecule has 4 rings (SSSR count). The number of nitrogens with zero attached hydrogens (tertiary/aromatic N) is 3. The first kappa shape index (κ1) is 19.3. The molecule has 1 fully saturated rings. The fraction of sp³-hybridized carbons (Fsp3) is 0.304. The van der Waals surface area contributed by atoms with E-state index >= 15 is 0 Å². The van der Waals surface area contributed by atoms with Gasteiger partial charge < -0.3 is 14.2 Å². The van der Waals surface area contributed by atoms with E-state index in [1.165, 1.54) is 12.1 Å². The van der Waals surface area contributed by atoms with Crippen molar-refractivity contribution in [2.75, 3.05) is 13.2 Å². The van der Waals surface area contributed by atoms with Crippen LogP contribution in [0.5, 0.6) is 0 Å². The van der Waals surface area contributed by atoms with Gasteiger partial charge in [0.1, 0.15) is 11.6 Å². The number of carbonyl (C=O) groups is 1. The van der Waals surface area contributed by atoms with Gasteiger partial charge in [-0.2, -0.15) is 0 Å². The Balaban J connectivity index is 1.56.